The SMILES string of the molecule is CCCCCCCCCCCCCCCCCC(=O)OCCCC.CCCCCCCCCCCCCCCCCC(=O)OCCCC.CCCCCCCCCCCCCCCCCC(=O)OCCCC.O=P(O)(O)O. The molecule has 0 spiro atoms. The molecule has 0 fully saturated rings. The van der Waals surface area contributed by atoms with Gasteiger partial charge in [-0.1, -0.05) is 330 Å². The molecule has 0 amide bonds. The van der Waals surface area contributed by atoms with Crippen molar-refractivity contribution < 1.29 is 47.8 Å². The van der Waals surface area contributed by atoms with Gasteiger partial charge in [-0.25, -0.2) is 4.57 Å². The first-order chi connectivity index (χ1) is 37.4. The molecule has 464 valence electrons. The predicted octanol–water partition coefficient (Wildman–Crippen LogP) is 21.8. The van der Waals surface area contributed by atoms with E-state index in [1.54, 1.807) is 0 Å². The molecule has 3 N–H and O–H groups in total. The number of unbranched alkanes of at least 4 members (excludes halogenated alkanes) is 45. The summed E-state index contributed by atoms with van der Waals surface area (Å²) in [5, 5.41) is 0. The zero-order valence-electron chi connectivity index (χ0n) is 52.5. The fraction of sp³-hybridized carbons (Fsp3) is 0.955. The molecule has 0 atom stereocenters. The Bertz CT molecular complexity index is 1030. The second kappa shape index (κ2) is 74.5. The van der Waals surface area contributed by atoms with Crippen molar-refractivity contribution in [2.45, 2.75) is 388 Å². The summed E-state index contributed by atoms with van der Waals surface area (Å²) in [6.07, 6.45) is 69.2. The Morgan fingerprint density at radius 1 is 0.234 bits per heavy atom. The molecule has 77 heavy (non-hydrogen) atoms. The normalized spacial score (nSPS) is 11.0. The highest BCUT2D eigenvalue weighted by atomic mass is 31.2. The van der Waals surface area contributed by atoms with Crippen molar-refractivity contribution in [2.24, 2.45) is 0 Å². The number of carbonyl (C=O) groups is 3. The van der Waals surface area contributed by atoms with Crippen LogP contribution in [0.4, 0.5) is 0 Å². The van der Waals surface area contributed by atoms with E-state index >= 15 is 0 Å². The van der Waals surface area contributed by atoms with Gasteiger partial charge in [0.1, 0.15) is 0 Å². The van der Waals surface area contributed by atoms with Crippen LogP contribution in [-0.4, -0.2) is 52.4 Å². The van der Waals surface area contributed by atoms with Crippen LogP contribution in [0.1, 0.15) is 388 Å². The van der Waals surface area contributed by atoms with E-state index < -0.39 is 7.82 Å². The van der Waals surface area contributed by atoms with Gasteiger partial charge in [0.15, 0.2) is 0 Å². The largest absolute Gasteiger partial charge is 0.466 e. The maximum Gasteiger partial charge on any atom is 0.466 e. The lowest BCUT2D eigenvalue weighted by Gasteiger charge is -2.04. The third-order valence-corrected chi connectivity index (χ3v) is 14.2. The average molecular weight is 1120 g/mol. The van der Waals surface area contributed by atoms with Crippen LogP contribution in [0.5, 0.6) is 0 Å². The molecular formula is C66H135O10P. The van der Waals surface area contributed by atoms with Crippen molar-refractivity contribution in [2.75, 3.05) is 19.8 Å². The summed E-state index contributed by atoms with van der Waals surface area (Å²) in [7, 11) is -4.64. The molecule has 0 aliphatic rings. The number of phosphoric acid groups is 1. The minimum absolute atomic E-state index is 0.00172. The summed E-state index contributed by atoms with van der Waals surface area (Å²) in [5.74, 6) is -0.00516. The monoisotopic (exact) mass is 1120 g/mol. The number of esters is 3. The fourth-order valence-corrected chi connectivity index (χ4v) is 9.13. The van der Waals surface area contributed by atoms with Crippen molar-refractivity contribution in [1.82, 2.24) is 0 Å². The van der Waals surface area contributed by atoms with Gasteiger partial charge in [-0.05, 0) is 38.5 Å². The molecule has 0 saturated carbocycles. The van der Waals surface area contributed by atoms with Gasteiger partial charge in [0.25, 0.3) is 0 Å². The summed E-state index contributed by atoms with van der Waals surface area (Å²) in [6.45, 7) is 15.0. The third-order valence-electron chi connectivity index (χ3n) is 14.2. The molecule has 0 bridgehead atoms. The standard InChI is InChI=1S/3C22H44O2.H3O4P/c3*1-3-5-7-8-9-10-11-12-13-14-15-16-17-18-19-20-22(23)24-21-6-4-2;1-5(2,3)4/h3*3-21H2,1-2H3;(H3,1,2,3,4). The Labute approximate surface area is 479 Å². The van der Waals surface area contributed by atoms with E-state index in [4.69, 9.17) is 33.5 Å². The van der Waals surface area contributed by atoms with E-state index in [1.165, 1.54) is 270 Å². The highest BCUT2D eigenvalue weighted by Crippen LogP contribution is 2.26. The van der Waals surface area contributed by atoms with Crippen LogP contribution in [0, 0.1) is 0 Å². The first-order valence-electron chi connectivity index (χ1n) is 33.7. The molecule has 0 radical (unpaired) electrons. The Morgan fingerprint density at radius 2 is 0.351 bits per heavy atom. The molecular weight excluding hydrogens is 984 g/mol. The van der Waals surface area contributed by atoms with Crippen molar-refractivity contribution >= 4 is 25.7 Å². The molecule has 10 nitrogen and oxygen atoms in total. The molecule has 0 saturated heterocycles. The van der Waals surface area contributed by atoms with Crippen LogP contribution in [0.25, 0.3) is 0 Å². The minimum Gasteiger partial charge on any atom is -0.466 e. The summed E-state index contributed by atoms with van der Waals surface area (Å²) in [4.78, 5) is 55.9. The molecule has 0 aliphatic heterocycles. The number of hydrogen-bond donors (Lipinski definition) is 3. The van der Waals surface area contributed by atoms with E-state index in [2.05, 4.69) is 41.5 Å². The predicted molar refractivity (Wildman–Crippen MR) is 331 cm³/mol. The number of ether oxygens (including phenoxy) is 3. The van der Waals surface area contributed by atoms with Crippen LogP contribution in [0.3, 0.4) is 0 Å². The molecule has 0 heterocycles. The lowest BCUT2D eigenvalue weighted by molar-refractivity contribution is -0.144. The van der Waals surface area contributed by atoms with Crippen LogP contribution in [0.15, 0.2) is 0 Å². The lowest BCUT2D eigenvalue weighted by Crippen LogP contribution is -2.05. The first kappa shape index (κ1) is 82.0. The molecule has 0 rings (SSSR count). The maximum atomic E-state index is 11.4. The summed E-state index contributed by atoms with van der Waals surface area (Å²) in [6, 6.07) is 0. The van der Waals surface area contributed by atoms with Crippen LogP contribution < -0.4 is 0 Å². The van der Waals surface area contributed by atoms with Crippen LogP contribution in [-0.2, 0) is 33.2 Å². The number of carbonyl (C=O) groups excluding carboxylic acids is 3. The Kier molecular flexibility index (Phi) is 79.3. The highest BCUT2D eigenvalue weighted by molar-refractivity contribution is 7.45. The second-order valence-corrected chi connectivity index (χ2v) is 23.4. The van der Waals surface area contributed by atoms with Crippen molar-refractivity contribution in [3.05, 3.63) is 0 Å². The summed E-state index contributed by atoms with van der Waals surface area (Å²) >= 11 is 0. The number of rotatable bonds is 57. The van der Waals surface area contributed by atoms with Gasteiger partial charge >= 0.3 is 25.7 Å². The van der Waals surface area contributed by atoms with Crippen molar-refractivity contribution in [3.63, 3.8) is 0 Å². The van der Waals surface area contributed by atoms with Gasteiger partial charge < -0.3 is 28.9 Å². The lowest BCUT2D eigenvalue weighted by atomic mass is 10.0. The van der Waals surface area contributed by atoms with Crippen LogP contribution >= 0.6 is 7.82 Å². The molecule has 0 aromatic carbocycles. The quantitative estimate of drug-likeness (QED) is 0.0232. The maximum absolute atomic E-state index is 11.4. The van der Waals surface area contributed by atoms with E-state index in [-0.39, 0.29) is 17.9 Å². The molecule has 0 aromatic rings. The van der Waals surface area contributed by atoms with E-state index in [0.29, 0.717) is 39.1 Å². The van der Waals surface area contributed by atoms with E-state index in [0.717, 1.165) is 57.8 Å². The topological polar surface area (TPSA) is 157 Å². The van der Waals surface area contributed by atoms with E-state index in [9.17, 15) is 14.4 Å². The zero-order valence-corrected chi connectivity index (χ0v) is 53.3. The molecule has 0 aromatic heterocycles. The third kappa shape index (κ3) is 94.1. The minimum atomic E-state index is -4.64. The summed E-state index contributed by atoms with van der Waals surface area (Å²) in [5.41, 5.74) is 0. The van der Waals surface area contributed by atoms with Gasteiger partial charge in [-0.3, -0.25) is 14.4 Å². The molecule has 0 unspecified atom stereocenters. The second-order valence-electron chi connectivity index (χ2n) is 22.3. The van der Waals surface area contributed by atoms with E-state index in [1.807, 2.05) is 0 Å². The van der Waals surface area contributed by atoms with Gasteiger partial charge in [0.05, 0.1) is 19.8 Å². The van der Waals surface area contributed by atoms with Gasteiger partial charge in [-0.2, -0.15) is 0 Å². The Morgan fingerprint density at radius 3 is 0.481 bits per heavy atom. The number of hydrogen-bond acceptors (Lipinski definition) is 7. The van der Waals surface area contributed by atoms with Gasteiger partial charge in [0, 0.05) is 19.3 Å². The zero-order chi connectivity index (χ0) is 57.7. The Balaban J connectivity index is -0.000000495. The highest BCUT2D eigenvalue weighted by Gasteiger charge is 2.05. The first-order valence-corrected chi connectivity index (χ1v) is 35.2. The van der Waals surface area contributed by atoms with Gasteiger partial charge in [0.2, 0.25) is 0 Å². The van der Waals surface area contributed by atoms with Gasteiger partial charge in [-0.15, -0.1) is 0 Å². The molecule has 11 heteroatoms. The molecule has 0 aliphatic carbocycles. The fourth-order valence-electron chi connectivity index (χ4n) is 9.13. The smallest absolute Gasteiger partial charge is 0.466 e. The Hall–Kier alpha value is -1.48. The average Bonchev–Trinajstić information content (AvgIpc) is 3.40. The van der Waals surface area contributed by atoms with Crippen LogP contribution in [0.2, 0.25) is 0 Å². The van der Waals surface area contributed by atoms with Crippen molar-refractivity contribution in [1.29, 1.82) is 0 Å². The summed E-state index contributed by atoms with van der Waals surface area (Å²) < 4.78 is 24.4. The van der Waals surface area contributed by atoms with Crippen molar-refractivity contribution in [3.8, 4) is 0 Å².